The first-order chi connectivity index (χ1) is 7.33. The summed E-state index contributed by atoms with van der Waals surface area (Å²) in [4.78, 5) is 0. The van der Waals surface area contributed by atoms with Crippen LogP contribution in [-0.4, -0.2) is 36.6 Å². The Hall–Kier alpha value is -1.13. The Morgan fingerprint density at radius 3 is 3.07 bits per heavy atom. The summed E-state index contributed by atoms with van der Waals surface area (Å²) in [5.74, 6) is 0. The molecule has 0 aliphatic rings. The van der Waals surface area contributed by atoms with Gasteiger partial charge in [0.25, 0.3) is 0 Å². The zero-order valence-electron chi connectivity index (χ0n) is 9.44. The molecule has 1 rings (SSSR count). The van der Waals surface area contributed by atoms with Gasteiger partial charge in [-0.3, -0.25) is 4.68 Å². The van der Waals surface area contributed by atoms with Gasteiger partial charge in [-0.05, 0) is 13.0 Å². The van der Waals surface area contributed by atoms with Crippen molar-refractivity contribution in [1.29, 1.82) is 0 Å². The van der Waals surface area contributed by atoms with E-state index >= 15 is 0 Å². The molecular weight excluding hydrogens is 190 g/mol. The molecule has 0 aliphatic heterocycles. The third-order valence-corrected chi connectivity index (χ3v) is 2.01. The van der Waals surface area contributed by atoms with E-state index in [0.29, 0.717) is 0 Å². The molecule has 4 heteroatoms. The Bertz CT molecular complexity index is 294. The van der Waals surface area contributed by atoms with Crippen molar-refractivity contribution in [3.05, 3.63) is 24.0 Å². The Labute approximate surface area is 90.9 Å². The van der Waals surface area contributed by atoms with Crippen molar-refractivity contribution < 1.29 is 4.74 Å². The fourth-order valence-corrected chi connectivity index (χ4v) is 1.23. The van der Waals surface area contributed by atoms with Crippen LogP contribution >= 0.6 is 0 Å². The Balaban J connectivity index is 2.07. The number of rotatable bonds is 7. The van der Waals surface area contributed by atoms with Gasteiger partial charge in [0.05, 0.1) is 12.8 Å². The fraction of sp³-hybridized carbons (Fsp3) is 0.545. The lowest BCUT2D eigenvalue weighted by molar-refractivity contribution is 0.199. The number of aryl methyl sites for hydroxylation is 1. The van der Waals surface area contributed by atoms with Gasteiger partial charge in [-0.25, -0.2) is 0 Å². The predicted molar refractivity (Wildman–Crippen MR) is 61.6 cm³/mol. The third kappa shape index (κ3) is 5.34. The van der Waals surface area contributed by atoms with Crippen molar-refractivity contribution in [1.82, 2.24) is 15.1 Å². The Kier molecular flexibility index (Phi) is 5.73. The lowest BCUT2D eigenvalue weighted by Gasteiger charge is -2.00. The second-order valence-corrected chi connectivity index (χ2v) is 3.38. The first kappa shape index (κ1) is 11.9. The van der Waals surface area contributed by atoms with Gasteiger partial charge in [-0.15, -0.1) is 0 Å². The number of nitrogens with one attached hydrogen (secondary N) is 1. The van der Waals surface area contributed by atoms with Crippen molar-refractivity contribution in [2.24, 2.45) is 7.05 Å². The van der Waals surface area contributed by atoms with Crippen LogP contribution in [0.1, 0.15) is 12.0 Å². The van der Waals surface area contributed by atoms with Crippen LogP contribution in [0.5, 0.6) is 0 Å². The average Bonchev–Trinajstić information content (AvgIpc) is 2.63. The normalized spacial score (nSPS) is 11.3. The molecule has 0 spiro atoms. The average molecular weight is 209 g/mol. The largest absolute Gasteiger partial charge is 0.383 e. The van der Waals surface area contributed by atoms with Gasteiger partial charge in [0.15, 0.2) is 0 Å². The summed E-state index contributed by atoms with van der Waals surface area (Å²) in [6, 6.07) is 0. The predicted octanol–water partition coefficient (Wildman–Crippen LogP) is 1.06. The van der Waals surface area contributed by atoms with Crippen molar-refractivity contribution >= 4 is 6.08 Å². The standard InChI is InChI=1S/C11H19N3O/c1-14-10-11(9-13-14)5-3-4-6-12-7-8-15-2/h3,5,9-10,12H,4,6-8H2,1-2H3. The van der Waals surface area contributed by atoms with E-state index in [1.165, 1.54) is 0 Å². The number of hydrogen-bond acceptors (Lipinski definition) is 3. The zero-order valence-corrected chi connectivity index (χ0v) is 9.44. The molecule has 0 amide bonds. The van der Waals surface area contributed by atoms with Crippen LogP contribution in [0.25, 0.3) is 6.08 Å². The van der Waals surface area contributed by atoms with E-state index in [4.69, 9.17) is 4.74 Å². The molecule has 0 saturated carbocycles. The first-order valence-corrected chi connectivity index (χ1v) is 5.18. The number of ether oxygens (including phenoxy) is 1. The van der Waals surface area contributed by atoms with Gasteiger partial charge in [-0.2, -0.15) is 5.10 Å². The maximum Gasteiger partial charge on any atom is 0.0587 e. The van der Waals surface area contributed by atoms with Gasteiger partial charge in [-0.1, -0.05) is 12.2 Å². The summed E-state index contributed by atoms with van der Waals surface area (Å²) in [6.45, 7) is 2.67. The topological polar surface area (TPSA) is 39.1 Å². The molecule has 0 aromatic carbocycles. The second kappa shape index (κ2) is 7.20. The van der Waals surface area contributed by atoms with Crippen LogP contribution in [-0.2, 0) is 11.8 Å². The molecule has 0 bridgehead atoms. The van der Waals surface area contributed by atoms with E-state index in [9.17, 15) is 0 Å². The van der Waals surface area contributed by atoms with Gasteiger partial charge in [0.1, 0.15) is 0 Å². The lowest BCUT2D eigenvalue weighted by Crippen LogP contribution is -2.19. The Morgan fingerprint density at radius 2 is 2.40 bits per heavy atom. The molecule has 0 radical (unpaired) electrons. The molecule has 15 heavy (non-hydrogen) atoms. The molecule has 0 unspecified atom stereocenters. The molecule has 1 aromatic rings. The molecule has 1 N–H and O–H groups in total. The minimum atomic E-state index is 0.770. The van der Waals surface area contributed by atoms with Crippen LogP contribution in [0.2, 0.25) is 0 Å². The summed E-state index contributed by atoms with van der Waals surface area (Å²) in [6.07, 6.45) is 9.12. The van der Waals surface area contributed by atoms with E-state index in [0.717, 1.165) is 31.7 Å². The quantitative estimate of drug-likeness (QED) is 0.682. The van der Waals surface area contributed by atoms with Crippen LogP contribution in [0.4, 0.5) is 0 Å². The summed E-state index contributed by atoms with van der Waals surface area (Å²) in [7, 11) is 3.63. The van der Waals surface area contributed by atoms with Crippen LogP contribution in [0.15, 0.2) is 18.5 Å². The molecule has 1 aromatic heterocycles. The number of nitrogens with zero attached hydrogens (tertiary/aromatic N) is 2. The third-order valence-electron chi connectivity index (χ3n) is 2.01. The highest BCUT2D eigenvalue weighted by molar-refractivity contribution is 5.46. The highest BCUT2D eigenvalue weighted by Gasteiger charge is 1.89. The zero-order chi connectivity index (χ0) is 10.9. The summed E-state index contributed by atoms with van der Waals surface area (Å²) in [5.41, 5.74) is 1.15. The van der Waals surface area contributed by atoms with E-state index in [1.807, 2.05) is 19.4 Å². The maximum absolute atomic E-state index is 4.93. The summed E-state index contributed by atoms with van der Waals surface area (Å²) < 4.78 is 6.73. The molecule has 0 atom stereocenters. The van der Waals surface area contributed by atoms with E-state index in [2.05, 4.69) is 22.6 Å². The smallest absolute Gasteiger partial charge is 0.0587 e. The van der Waals surface area contributed by atoms with Crippen molar-refractivity contribution in [3.63, 3.8) is 0 Å². The molecule has 0 aliphatic carbocycles. The monoisotopic (exact) mass is 209 g/mol. The highest BCUT2D eigenvalue weighted by Crippen LogP contribution is 1.99. The second-order valence-electron chi connectivity index (χ2n) is 3.38. The highest BCUT2D eigenvalue weighted by atomic mass is 16.5. The Morgan fingerprint density at radius 1 is 1.53 bits per heavy atom. The summed E-state index contributed by atoms with van der Waals surface area (Å²) in [5, 5.41) is 7.37. The van der Waals surface area contributed by atoms with Gasteiger partial charge < -0.3 is 10.1 Å². The maximum atomic E-state index is 4.93. The minimum absolute atomic E-state index is 0.770. The van der Waals surface area contributed by atoms with E-state index in [-0.39, 0.29) is 0 Å². The molecule has 0 fully saturated rings. The van der Waals surface area contributed by atoms with Crippen LogP contribution < -0.4 is 5.32 Å². The van der Waals surface area contributed by atoms with Gasteiger partial charge in [0.2, 0.25) is 0 Å². The number of hydrogen-bond donors (Lipinski definition) is 1. The lowest BCUT2D eigenvalue weighted by atomic mass is 10.3. The van der Waals surface area contributed by atoms with Crippen LogP contribution in [0, 0.1) is 0 Å². The van der Waals surface area contributed by atoms with Crippen molar-refractivity contribution in [2.45, 2.75) is 6.42 Å². The van der Waals surface area contributed by atoms with Crippen molar-refractivity contribution in [3.8, 4) is 0 Å². The first-order valence-electron chi connectivity index (χ1n) is 5.18. The summed E-state index contributed by atoms with van der Waals surface area (Å²) >= 11 is 0. The van der Waals surface area contributed by atoms with E-state index < -0.39 is 0 Å². The molecule has 0 saturated heterocycles. The van der Waals surface area contributed by atoms with Crippen molar-refractivity contribution in [2.75, 3.05) is 26.8 Å². The number of aromatic nitrogens is 2. The van der Waals surface area contributed by atoms with E-state index in [1.54, 1.807) is 11.8 Å². The van der Waals surface area contributed by atoms with Gasteiger partial charge >= 0.3 is 0 Å². The SMILES string of the molecule is COCCNCCC=Cc1cnn(C)c1. The minimum Gasteiger partial charge on any atom is -0.383 e. The van der Waals surface area contributed by atoms with Crippen LogP contribution in [0.3, 0.4) is 0 Å². The fourth-order valence-electron chi connectivity index (χ4n) is 1.23. The number of methoxy groups -OCH3 is 1. The molecule has 84 valence electrons. The molecule has 4 nitrogen and oxygen atoms in total. The molecular formula is C11H19N3O. The molecule has 1 heterocycles. The van der Waals surface area contributed by atoms with Gasteiger partial charge in [0, 0.05) is 32.5 Å².